The summed E-state index contributed by atoms with van der Waals surface area (Å²) in [5.41, 5.74) is 3.46. The molecule has 0 aliphatic rings. The SMILES string of the molecule is Cc1cccc(-c2ccc(C(=O)O)cc2)c1C#N. The molecule has 0 fully saturated rings. The second-order valence-corrected chi connectivity index (χ2v) is 3.99. The highest BCUT2D eigenvalue weighted by Crippen LogP contribution is 2.25. The Labute approximate surface area is 105 Å². The third kappa shape index (κ3) is 2.09. The van der Waals surface area contributed by atoms with Crippen molar-refractivity contribution in [2.24, 2.45) is 0 Å². The van der Waals surface area contributed by atoms with E-state index in [1.54, 1.807) is 24.3 Å². The number of benzene rings is 2. The van der Waals surface area contributed by atoms with Crippen LogP contribution in [0.15, 0.2) is 42.5 Å². The van der Waals surface area contributed by atoms with Crippen molar-refractivity contribution in [3.63, 3.8) is 0 Å². The number of nitriles is 1. The molecule has 0 heterocycles. The third-order valence-electron chi connectivity index (χ3n) is 2.83. The minimum Gasteiger partial charge on any atom is -0.478 e. The van der Waals surface area contributed by atoms with E-state index in [0.29, 0.717) is 5.56 Å². The number of rotatable bonds is 2. The lowest BCUT2D eigenvalue weighted by Crippen LogP contribution is -1.95. The summed E-state index contributed by atoms with van der Waals surface area (Å²) in [6.07, 6.45) is 0. The monoisotopic (exact) mass is 237 g/mol. The molecular weight excluding hydrogens is 226 g/mol. The topological polar surface area (TPSA) is 61.1 Å². The molecule has 3 heteroatoms. The van der Waals surface area contributed by atoms with Gasteiger partial charge in [0.2, 0.25) is 0 Å². The normalized spacial score (nSPS) is 9.78. The zero-order valence-electron chi connectivity index (χ0n) is 9.84. The van der Waals surface area contributed by atoms with Gasteiger partial charge in [0, 0.05) is 0 Å². The van der Waals surface area contributed by atoms with Gasteiger partial charge in [-0.15, -0.1) is 0 Å². The number of aromatic carboxylic acids is 1. The summed E-state index contributed by atoms with van der Waals surface area (Å²) >= 11 is 0. The van der Waals surface area contributed by atoms with Crippen molar-refractivity contribution in [1.29, 1.82) is 5.26 Å². The second kappa shape index (κ2) is 4.72. The van der Waals surface area contributed by atoms with Crippen LogP contribution in [-0.4, -0.2) is 11.1 Å². The van der Waals surface area contributed by atoms with E-state index < -0.39 is 5.97 Å². The maximum atomic E-state index is 10.8. The average molecular weight is 237 g/mol. The molecule has 0 radical (unpaired) electrons. The average Bonchev–Trinajstić information content (AvgIpc) is 2.38. The Morgan fingerprint density at radius 2 is 1.83 bits per heavy atom. The van der Waals surface area contributed by atoms with E-state index in [1.807, 2.05) is 25.1 Å². The van der Waals surface area contributed by atoms with Crippen LogP contribution in [0.3, 0.4) is 0 Å². The van der Waals surface area contributed by atoms with Crippen LogP contribution in [0, 0.1) is 18.3 Å². The molecule has 88 valence electrons. The van der Waals surface area contributed by atoms with Crippen LogP contribution in [0.5, 0.6) is 0 Å². The van der Waals surface area contributed by atoms with E-state index in [2.05, 4.69) is 6.07 Å². The smallest absolute Gasteiger partial charge is 0.335 e. The Bertz CT molecular complexity index is 637. The number of carboxylic acids is 1. The number of hydrogen-bond donors (Lipinski definition) is 1. The summed E-state index contributed by atoms with van der Waals surface area (Å²) in [6.45, 7) is 1.88. The molecule has 0 saturated heterocycles. The van der Waals surface area contributed by atoms with Gasteiger partial charge < -0.3 is 5.11 Å². The molecule has 0 amide bonds. The minimum atomic E-state index is -0.953. The molecule has 0 spiro atoms. The molecule has 2 rings (SSSR count). The van der Waals surface area contributed by atoms with Gasteiger partial charge in [0.25, 0.3) is 0 Å². The number of hydrogen-bond acceptors (Lipinski definition) is 2. The summed E-state index contributed by atoms with van der Waals surface area (Å²) in [5, 5.41) is 18.0. The van der Waals surface area contributed by atoms with Crippen molar-refractivity contribution < 1.29 is 9.90 Å². The van der Waals surface area contributed by atoms with Crippen LogP contribution in [-0.2, 0) is 0 Å². The molecule has 0 aliphatic heterocycles. The second-order valence-electron chi connectivity index (χ2n) is 3.99. The Hall–Kier alpha value is -2.60. The maximum Gasteiger partial charge on any atom is 0.335 e. The van der Waals surface area contributed by atoms with Gasteiger partial charge in [-0.1, -0.05) is 30.3 Å². The predicted molar refractivity (Wildman–Crippen MR) is 68.3 cm³/mol. The van der Waals surface area contributed by atoms with Crippen molar-refractivity contribution in [2.45, 2.75) is 6.92 Å². The van der Waals surface area contributed by atoms with Gasteiger partial charge in [0.15, 0.2) is 0 Å². The van der Waals surface area contributed by atoms with E-state index in [-0.39, 0.29) is 5.56 Å². The Morgan fingerprint density at radius 3 is 2.39 bits per heavy atom. The largest absolute Gasteiger partial charge is 0.478 e. The highest BCUT2D eigenvalue weighted by Gasteiger charge is 2.08. The van der Waals surface area contributed by atoms with Gasteiger partial charge in [0.1, 0.15) is 6.07 Å². The van der Waals surface area contributed by atoms with Crippen LogP contribution in [0.1, 0.15) is 21.5 Å². The van der Waals surface area contributed by atoms with Gasteiger partial charge in [-0.2, -0.15) is 5.26 Å². The molecule has 3 nitrogen and oxygen atoms in total. The van der Waals surface area contributed by atoms with Crippen molar-refractivity contribution in [3.05, 3.63) is 59.2 Å². The molecule has 0 aromatic heterocycles. The summed E-state index contributed by atoms with van der Waals surface area (Å²) in [4.78, 5) is 10.8. The molecule has 2 aromatic carbocycles. The highest BCUT2D eigenvalue weighted by molar-refractivity contribution is 5.88. The number of nitrogens with zero attached hydrogens (tertiary/aromatic N) is 1. The lowest BCUT2D eigenvalue weighted by Gasteiger charge is -2.07. The molecule has 18 heavy (non-hydrogen) atoms. The molecule has 0 saturated carbocycles. The molecule has 0 bridgehead atoms. The van der Waals surface area contributed by atoms with Crippen molar-refractivity contribution in [3.8, 4) is 17.2 Å². The quantitative estimate of drug-likeness (QED) is 0.872. The van der Waals surface area contributed by atoms with Crippen molar-refractivity contribution in [1.82, 2.24) is 0 Å². The fourth-order valence-corrected chi connectivity index (χ4v) is 1.85. The van der Waals surface area contributed by atoms with E-state index >= 15 is 0 Å². The summed E-state index contributed by atoms with van der Waals surface area (Å²) in [7, 11) is 0. The zero-order chi connectivity index (χ0) is 13.1. The summed E-state index contributed by atoms with van der Waals surface area (Å²) in [5.74, 6) is -0.953. The van der Waals surface area contributed by atoms with Gasteiger partial charge in [-0.05, 0) is 35.7 Å². The third-order valence-corrected chi connectivity index (χ3v) is 2.83. The first-order valence-corrected chi connectivity index (χ1v) is 5.47. The van der Waals surface area contributed by atoms with Crippen LogP contribution in [0.2, 0.25) is 0 Å². The van der Waals surface area contributed by atoms with Gasteiger partial charge in [0.05, 0.1) is 11.1 Å². The van der Waals surface area contributed by atoms with Crippen LogP contribution in [0.4, 0.5) is 0 Å². The lowest BCUT2D eigenvalue weighted by molar-refractivity contribution is 0.0697. The highest BCUT2D eigenvalue weighted by atomic mass is 16.4. The standard InChI is InChI=1S/C15H11NO2/c1-10-3-2-4-13(14(10)9-16)11-5-7-12(8-6-11)15(17)18/h2-8H,1H3,(H,17,18). The molecule has 0 unspecified atom stereocenters. The number of carbonyl (C=O) groups is 1. The van der Waals surface area contributed by atoms with Crippen molar-refractivity contribution in [2.75, 3.05) is 0 Å². The minimum absolute atomic E-state index is 0.241. The van der Waals surface area contributed by atoms with E-state index in [9.17, 15) is 4.79 Å². The Kier molecular flexibility index (Phi) is 3.11. The van der Waals surface area contributed by atoms with E-state index in [1.165, 1.54) is 0 Å². The molecular formula is C15H11NO2. The fraction of sp³-hybridized carbons (Fsp3) is 0.0667. The number of aryl methyl sites for hydroxylation is 1. The lowest BCUT2D eigenvalue weighted by atomic mass is 9.96. The summed E-state index contributed by atoms with van der Waals surface area (Å²) < 4.78 is 0. The van der Waals surface area contributed by atoms with Gasteiger partial charge in [-0.3, -0.25) is 0 Å². The van der Waals surface area contributed by atoms with Crippen LogP contribution in [0.25, 0.3) is 11.1 Å². The van der Waals surface area contributed by atoms with E-state index in [4.69, 9.17) is 10.4 Å². The molecule has 2 aromatic rings. The van der Waals surface area contributed by atoms with Crippen LogP contribution < -0.4 is 0 Å². The Morgan fingerprint density at radius 1 is 1.17 bits per heavy atom. The molecule has 0 atom stereocenters. The zero-order valence-corrected chi connectivity index (χ0v) is 9.84. The van der Waals surface area contributed by atoms with Crippen LogP contribution >= 0.6 is 0 Å². The first kappa shape index (κ1) is 11.9. The number of carboxylic acid groups (broad SMARTS) is 1. The van der Waals surface area contributed by atoms with Gasteiger partial charge >= 0.3 is 5.97 Å². The Balaban J connectivity index is 2.53. The first-order chi connectivity index (χ1) is 8.63. The van der Waals surface area contributed by atoms with Gasteiger partial charge in [-0.25, -0.2) is 4.79 Å². The fourth-order valence-electron chi connectivity index (χ4n) is 1.85. The van der Waals surface area contributed by atoms with E-state index in [0.717, 1.165) is 16.7 Å². The first-order valence-electron chi connectivity index (χ1n) is 5.47. The maximum absolute atomic E-state index is 10.8. The van der Waals surface area contributed by atoms with Crippen molar-refractivity contribution >= 4 is 5.97 Å². The predicted octanol–water partition coefficient (Wildman–Crippen LogP) is 3.23. The molecule has 0 aliphatic carbocycles. The summed E-state index contributed by atoms with van der Waals surface area (Å²) in [6, 6.07) is 14.3. The molecule has 1 N–H and O–H groups in total.